The van der Waals surface area contributed by atoms with Gasteiger partial charge in [-0.3, -0.25) is 4.90 Å². The van der Waals surface area contributed by atoms with E-state index < -0.39 is 0 Å². The van der Waals surface area contributed by atoms with Gasteiger partial charge in [-0.25, -0.2) is 0 Å². The Morgan fingerprint density at radius 3 is 3.10 bits per heavy atom. The highest BCUT2D eigenvalue weighted by atomic mass is 16.4. The van der Waals surface area contributed by atoms with Crippen LogP contribution in [-0.4, -0.2) is 39.4 Å². The second kappa shape index (κ2) is 5.73. The predicted molar refractivity (Wildman–Crippen MR) is 75.0 cm³/mol. The van der Waals surface area contributed by atoms with Crippen LogP contribution in [0.5, 0.6) is 0 Å². The molecular weight excluding hydrogens is 254 g/mol. The third kappa shape index (κ3) is 2.73. The minimum atomic E-state index is 0.193. The summed E-state index contributed by atoms with van der Waals surface area (Å²) in [6.45, 7) is 3.83. The second-order valence-corrected chi connectivity index (χ2v) is 5.32. The summed E-state index contributed by atoms with van der Waals surface area (Å²) < 4.78 is 5.73. The summed E-state index contributed by atoms with van der Waals surface area (Å²) in [6.07, 6.45) is 2.15. The molecule has 1 fully saturated rings. The first kappa shape index (κ1) is 13.3. The predicted octanol–water partition coefficient (Wildman–Crippen LogP) is 2.00. The van der Waals surface area contributed by atoms with Crippen molar-refractivity contribution in [3.63, 3.8) is 0 Å². The quantitative estimate of drug-likeness (QED) is 0.923. The molecule has 0 bridgehead atoms. The minimum absolute atomic E-state index is 0.193. The topological polar surface area (TPSA) is 62.4 Å². The Kier molecular flexibility index (Phi) is 3.80. The molecule has 0 aliphatic carbocycles. The van der Waals surface area contributed by atoms with E-state index in [9.17, 15) is 5.11 Å². The smallest absolute Gasteiger partial charge is 0.247 e. The van der Waals surface area contributed by atoms with Crippen LogP contribution in [0, 0.1) is 6.92 Å². The first-order valence-electron chi connectivity index (χ1n) is 7.00. The summed E-state index contributed by atoms with van der Waals surface area (Å²) in [7, 11) is 0. The number of likely N-dealkylation sites (tertiary alicyclic amines) is 1. The number of nitrogens with zero attached hydrogens (tertiary/aromatic N) is 3. The van der Waals surface area contributed by atoms with E-state index in [1.807, 2.05) is 31.2 Å². The molecule has 2 aromatic rings. The van der Waals surface area contributed by atoms with E-state index in [1.54, 1.807) is 0 Å². The molecule has 0 amide bonds. The van der Waals surface area contributed by atoms with Gasteiger partial charge in [-0.05, 0) is 38.4 Å². The number of rotatable bonds is 4. The van der Waals surface area contributed by atoms with Crippen molar-refractivity contribution in [3.05, 3.63) is 35.7 Å². The maximum atomic E-state index is 9.32. The molecule has 0 saturated carbocycles. The van der Waals surface area contributed by atoms with Crippen LogP contribution < -0.4 is 0 Å². The first-order valence-corrected chi connectivity index (χ1v) is 7.00. The molecule has 1 aliphatic heterocycles. The Hall–Kier alpha value is -1.72. The molecule has 1 aromatic heterocycles. The van der Waals surface area contributed by atoms with Gasteiger partial charge in [0.15, 0.2) is 0 Å². The van der Waals surface area contributed by atoms with Crippen LogP contribution in [-0.2, 0) is 6.54 Å². The van der Waals surface area contributed by atoms with Gasteiger partial charge in [0.2, 0.25) is 11.8 Å². The molecule has 1 atom stereocenters. The van der Waals surface area contributed by atoms with Crippen LogP contribution in [0.25, 0.3) is 11.5 Å². The fraction of sp³-hybridized carbons (Fsp3) is 0.467. The first-order chi connectivity index (χ1) is 9.76. The summed E-state index contributed by atoms with van der Waals surface area (Å²) in [4.78, 5) is 2.20. The molecule has 1 aromatic carbocycles. The van der Waals surface area contributed by atoms with Crippen LogP contribution in [0.2, 0.25) is 0 Å². The molecule has 20 heavy (non-hydrogen) atoms. The Bertz CT molecular complexity index is 582. The normalized spacial score (nSPS) is 19.6. The molecule has 1 saturated heterocycles. The third-order valence-electron chi connectivity index (χ3n) is 3.78. The van der Waals surface area contributed by atoms with Gasteiger partial charge < -0.3 is 9.52 Å². The zero-order valence-electron chi connectivity index (χ0n) is 11.6. The van der Waals surface area contributed by atoms with Gasteiger partial charge in [-0.15, -0.1) is 10.2 Å². The van der Waals surface area contributed by atoms with Gasteiger partial charge >= 0.3 is 0 Å². The van der Waals surface area contributed by atoms with Crippen LogP contribution >= 0.6 is 0 Å². The van der Waals surface area contributed by atoms with Crippen molar-refractivity contribution in [2.45, 2.75) is 32.4 Å². The number of hydrogen-bond donors (Lipinski definition) is 1. The molecule has 1 aliphatic rings. The molecular formula is C15H19N3O2. The number of aryl methyl sites for hydroxylation is 1. The van der Waals surface area contributed by atoms with E-state index in [2.05, 4.69) is 15.1 Å². The van der Waals surface area contributed by atoms with Crippen LogP contribution in [0.1, 0.15) is 24.3 Å². The fourth-order valence-corrected chi connectivity index (χ4v) is 2.70. The Morgan fingerprint density at radius 2 is 2.30 bits per heavy atom. The lowest BCUT2D eigenvalue weighted by Crippen LogP contribution is -2.31. The Morgan fingerprint density at radius 1 is 1.40 bits per heavy atom. The van der Waals surface area contributed by atoms with Gasteiger partial charge in [-0.1, -0.05) is 17.7 Å². The maximum absolute atomic E-state index is 9.32. The largest absolute Gasteiger partial charge is 0.419 e. The summed E-state index contributed by atoms with van der Waals surface area (Å²) in [5.41, 5.74) is 2.12. The zero-order valence-corrected chi connectivity index (χ0v) is 11.6. The average molecular weight is 273 g/mol. The molecule has 0 spiro atoms. The highest BCUT2D eigenvalue weighted by Crippen LogP contribution is 2.22. The maximum Gasteiger partial charge on any atom is 0.247 e. The van der Waals surface area contributed by atoms with Gasteiger partial charge in [0.25, 0.3) is 0 Å². The molecule has 3 rings (SSSR count). The summed E-state index contributed by atoms with van der Waals surface area (Å²) >= 11 is 0. The van der Waals surface area contributed by atoms with Crippen LogP contribution in [0.4, 0.5) is 0 Å². The van der Waals surface area contributed by atoms with Crippen molar-refractivity contribution in [2.24, 2.45) is 0 Å². The molecule has 5 nitrogen and oxygen atoms in total. The van der Waals surface area contributed by atoms with Crippen molar-refractivity contribution in [3.8, 4) is 11.5 Å². The lowest BCUT2D eigenvalue weighted by molar-refractivity contribution is 0.144. The standard InChI is InChI=1S/C15H19N3O2/c1-11-4-2-5-12(8-11)15-17-16-14(20-15)9-18-7-3-6-13(18)10-19/h2,4-5,8,13,19H,3,6-7,9-10H2,1H3. The number of aliphatic hydroxyl groups is 1. The highest BCUT2D eigenvalue weighted by Gasteiger charge is 2.25. The molecule has 2 heterocycles. The van der Waals surface area contributed by atoms with E-state index in [4.69, 9.17) is 4.42 Å². The fourth-order valence-electron chi connectivity index (χ4n) is 2.70. The molecule has 1 unspecified atom stereocenters. The molecule has 5 heteroatoms. The Balaban J connectivity index is 1.74. The van der Waals surface area contributed by atoms with Crippen molar-refractivity contribution in [1.82, 2.24) is 15.1 Å². The van der Waals surface area contributed by atoms with E-state index >= 15 is 0 Å². The lowest BCUT2D eigenvalue weighted by atomic mass is 10.1. The number of hydrogen-bond acceptors (Lipinski definition) is 5. The van der Waals surface area contributed by atoms with Crippen molar-refractivity contribution in [1.29, 1.82) is 0 Å². The molecule has 1 N–H and O–H groups in total. The zero-order chi connectivity index (χ0) is 13.9. The summed E-state index contributed by atoms with van der Waals surface area (Å²) in [5, 5.41) is 17.5. The summed E-state index contributed by atoms with van der Waals surface area (Å²) in [5.74, 6) is 1.17. The molecule has 0 radical (unpaired) electrons. The van der Waals surface area contributed by atoms with E-state index in [0.717, 1.165) is 24.9 Å². The van der Waals surface area contributed by atoms with Crippen molar-refractivity contribution in [2.75, 3.05) is 13.2 Å². The number of aliphatic hydroxyl groups excluding tert-OH is 1. The lowest BCUT2D eigenvalue weighted by Gasteiger charge is -2.20. The Labute approximate surface area is 118 Å². The van der Waals surface area contributed by atoms with E-state index in [0.29, 0.717) is 18.3 Å². The van der Waals surface area contributed by atoms with Gasteiger partial charge in [0, 0.05) is 11.6 Å². The SMILES string of the molecule is Cc1cccc(-c2nnc(CN3CCCC3CO)o2)c1. The third-order valence-corrected chi connectivity index (χ3v) is 3.78. The minimum Gasteiger partial charge on any atom is -0.419 e. The van der Waals surface area contributed by atoms with Crippen molar-refractivity contribution < 1.29 is 9.52 Å². The second-order valence-electron chi connectivity index (χ2n) is 5.32. The van der Waals surface area contributed by atoms with Gasteiger partial charge in [0.1, 0.15) is 0 Å². The van der Waals surface area contributed by atoms with Crippen LogP contribution in [0.15, 0.2) is 28.7 Å². The number of aromatic nitrogens is 2. The van der Waals surface area contributed by atoms with E-state index in [-0.39, 0.29) is 12.6 Å². The van der Waals surface area contributed by atoms with Gasteiger partial charge in [-0.2, -0.15) is 0 Å². The van der Waals surface area contributed by atoms with Crippen LogP contribution in [0.3, 0.4) is 0 Å². The van der Waals surface area contributed by atoms with Crippen molar-refractivity contribution >= 4 is 0 Å². The average Bonchev–Trinajstić information content (AvgIpc) is 3.08. The molecule has 106 valence electrons. The van der Waals surface area contributed by atoms with E-state index in [1.165, 1.54) is 5.56 Å². The van der Waals surface area contributed by atoms with Gasteiger partial charge in [0.05, 0.1) is 13.2 Å². The number of benzene rings is 1. The highest BCUT2D eigenvalue weighted by molar-refractivity contribution is 5.53. The summed E-state index contributed by atoms with van der Waals surface area (Å²) in [6, 6.07) is 8.25. The monoisotopic (exact) mass is 273 g/mol.